The SMILES string of the molecule is Nc1ncnc2c1ncn2C1OC(COP(=O)(O)OP(=O)(O)OP(=O)(O)O)CC1O.[Li]. The Morgan fingerprint density at radius 2 is 1.81 bits per heavy atom. The third-order valence-corrected chi connectivity index (χ3v) is 7.47. The fourth-order valence-corrected chi connectivity index (χ4v) is 5.67. The predicted octanol–water partition coefficient (Wildman–Crippen LogP) is -0.981. The maximum Gasteiger partial charge on any atom is 0.490 e. The van der Waals surface area contributed by atoms with Gasteiger partial charge in [0.2, 0.25) is 0 Å². The number of nitrogens with two attached hydrogens (primary N) is 1. The van der Waals surface area contributed by atoms with Gasteiger partial charge in [-0.25, -0.2) is 28.6 Å². The maximum atomic E-state index is 11.8. The minimum atomic E-state index is -5.62. The molecule has 0 amide bonds. The summed E-state index contributed by atoms with van der Waals surface area (Å²) in [5.41, 5.74) is 6.22. The summed E-state index contributed by atoms with van der Waals surface area (Å²) < 4.78 is 52.3. The number of fused-ring (bicyclic) bond motifs is 1. The van der Waals surface area contributed by atoms with E-state index in [0.29, 0.717) is 0 Å². The number of rotatable bonds is 8. The molecule has 17 nitrogen and oxygen atoms in total. The van der Waals surface area contributed by atoms with Crippen molar-refractivity contribution < 1.29 is 56.3 Å². The molecule has 1 saturated heterocycles. The molecule has 21 heteroatoms. The number of hydrogen-bond donors (Lipinski definition) is 6. The van der Waals surface area contributed by atoms with E-state index in [1.165, 1.54) is 17.2 Å². The van der Waals surface area contributed by atoms with E-state index in [-0.39, 0.29) is 42.3 Å². The fraction of sp³-hybridized carbons (Fsp3) is 0.500. The molecule has 0 saturated carbocycles. The van der Waals surface area contributed by atoms with Gasteiger partial charge in [-0.15, -0.1) is 0 Å². The zero-order valence-corrected chi connectivity index (χ0v) is 18.3. The predicted molar refractivity (Wildman–Crippen MR) is 99.8 cm³/mol. The molecule has 0 bridgehead atoms. The van der Waals surface area contributed by atoms with E-state index < -0.39 is 48.5 Å². The third kappa shape index (κ3) is 6.88. The summed E-state index contributed by atoms with van der Waals surface area (Å²) in [5.74, 6) is 0.107. The Balaban J connectivity index is 0.00000341. The van der Waals surface area contributed by atoms with Gasteiger partial charge in [0.05, 0.1) is 19.0 Å². The zero-order valence-electron chi connectivity index (χ0n) is 15.6. The van der Waals surface area contributed by atoms with Crippen LogP contribution in [-0.4, -0.2) is 81.9 Å². The van der Waals surface area contributed by atoms with Gasteiger partial charge in [0, 0.05) is 25.3 Å². The number of anilines is 1. The summed E-state index contributed by atoms with van der Waals surface area (Å²) >= 11 is 0. The van der Waals surface area contributed by atoms with E-state index in [1.54, 1.807) is 0 Å². The zero-order chi connectivity index (χ0) is 22.3. The average molecular weight is 498 g/mol. The number of aliphatic hydroxyl groups excluding tert-OH is 1. The molecule has 0 spiro atoms. The van der Waals surface area contributed by atoms with Crippen LogP contribution in [0.2, 0.25) is 0 Å². The van der Waals surface area contributed by atoms with Crippen molar-refractivity contribution in [2.45, 2.75) is 24.9 Å². The first-order valence-corrected chi connectivity index (χ1v) is 12.3. The topological polar surface area (TPSA) is 259 Å². The Morgan fingerprint density at radius 3 is 2.45 bits per heavy atom. The van der Waals surface area contributed by atoms with Crippen LogP contribution in [0.1, 0.15) is 12.6 Å². The molecule has 7 N–H and O–H groups in total. The first kappa shape index (κ1) is 26.5. The molecule has 0 aliphatic carbocycles. The van der Waals surface area contributed by atoms with Gasteiger partial charge in [0.25, 0.3) is 0 Å². The molecule has 3 heterocycles. The van der Waals surface area contributed by atoms with Gasteiger partial charge in [-0.2, -0.15) is 8.62 Å². The number of phosphoric acid groups is 3. The van der Waals surface area contributed by atoms with E-state index in [1.807, 2.05) is 0 Å². The van der Waals surface area contributed by atoms with E-state index in [9.17, 15) is 23.7 Å². The minimum Gasteiger partial charge on any atom is -0.388 e. The minimum absolute atomic E-state index is 0. The monoisotopic (exact) mass is 498 g/mol. The number of hydrogen-bond acceptors (Lipinski definition) is 12. The van der Waals surface area contributed by atoms with Gasteiger partial charge in [-0.1, -0.05) is 0 Å². The number of aliphatic hydroxyl groups is 1. The van der Waals surface area contributed by atoms with E-state index in [4.69, 9.17) is 25.2 Å². The molecule has 2 aromatic heterocycles. The smallest absolute Gasteiger partial charge is 0.388 e. The molecule has 1 aliphatic heterocycles. The summed E-state index contributed by atoms with van der Waals surface area (Å²) in [7, 11) is -16.4. The quantitative estimate of drug-likeness (QED) is 0.189. The first-order valence-electron chi connectivity index (χ1n) is 7.81. The molecule has 1 aliphatic rings. The number of ether oxygens (including phenoxy) is 1. The summed E-state index contributed by atoms with van der Waals surface area (Å²) in [4.78, 5) is 47.4. The van der Waals surface area contributed by atoms with Crippen molar-refractivity contribution in [3.05, 3.63) is 12.7 Å². The second-order valence-electron chi connectivity index (χ2n) is 5.92. The number of aromatic nitrogens is 4. The van der Waals surface area contributed by atoms with Crippen LogP contribution in [0.5, 0.6) is 0 Å². The molecular formula is C10H16LiN5O12P3. The van der Waals surface area contributed by atoms with E-state index in [2.05, 4.69) is 28.1 Å². The Morgan fingerprint density at radius 1 is 1.13 bits per heavy atom. The second-order valence-corrected chi connectivity index (χ2v) is 10.3. The van der Waals surface area contributed by atoms with Crippen molar-refractivity contribution in [3.8, 4) is 0 Å². The molecule has 3 rings (SSSR count). The van der Waals surface area contributed by atoms with Crippen LogP contribution in [0.3, 0.4) is 0 Å². The summed E-state index contributed by atoms with van der Waals surface area (Å²) in [6.45, 7) is -0.693. The van der Waals surface area contributed by atoms with Crippen LogP contribution >= 0.6 is 23.5 Å². The van der Waals surface area contributed by atoms with Crippen LogP contribution < -0.4 is 5.73 Å². The molecule has 1 radical (unpaired) electrons. The van der Waals surface area contributed by atoms with Gasteiger partial charge < -0.3 is 35.2 Å². The Hall–Kier alpha value is -0.723. The number of nitrogens with zero attached hydrogens (tertiary/aromatic N) is 4. The van der Waals surface area contributed by atoms with Gasteiger partial charge in [0.15, 0.2) is 17.7 Å². The molecule has 5 unspecified atom stereocenters. The van der Waals surface area contributed by atoms with Crippen LogP contribution in [0, 0.1) is 0 Å². The summed E-state index contributed by atoms with van der Waals surface area (Å²) in [5, 5.41) is 10.2. The van der Waals surface area contributed by atoms with Gasteiger partial charge in [-0.05, 0) is 0 Å². The first-order chi connectivity index (χ1) is 13.8. The van der Waals surface area contributed by atoms with Gasteiger partial charge in [-0.3, -0.25) is 9.09 Å². The fourth-order valence-electron chi connectivity index (χ4n) is 2.62. The van der Waals surface area contributed by atoms with Gasteiger partial charge in [0.1, 0.15) is 17.9 Å². The Labute approximate surface area is 185 Å². The molecule has 0 aromatic carbocycles. The molecule has 5 atom stereocenters. The molecule has 1 fully saturated rings. The maximum absolute atomic E-state index is 11.8. The van der Waals surface area contributed by atoms with E-state index in [0.717, 1.165) is 0 Å². The van der Waals surface area contributed by atoms with Crippen molar-refractivity contribution in [1.29, 1.82) is 0 Å². The summed E-state index contributed by atoms with van der Waals surface area (Å²) in [6.07, 6.45) is -0.711. The number of nitrogen functional groups attached to an aromatic ring is 1. The van der Waals surface area contributed by atoms with E-state index >= 15 is 0 Å². The Bertz CT molecular complexity index is 1080. The number of imidazole rings is 1. The van der Waals surface area contributed by atoms with Crippen molar-refractivity contribution >= 4 is 59.3 Å². The average Bonchev–Trinajstić information content (AvgIpc) is 3.13. The standard InChI is InChI=1S/C10H16N5O12P3.Li/c11-8-7-9(13-3-12-8)15(4-14-7)10-6(16)1-5(25-10)2-24-29(20,21)27-30(22,23)26-28(17,18)19;/h3-6,10,16H,1-2H2,(H,20,21)(H,22,23)(H2,11,12,13)(H2,17,18,19);. The summed E-state index contributed by atoms with van der Waals surface area (Å²) in [6, 6.07) is 0. The van der Waals surface area contributed by atoms with Gasteiger partial charge >= 0.3 is 23.5 Å². The molecule has 2 aromatic rings. The third-order valence-electron chi connectivity index (χ3n) is 3.67. The molecule has 169 valence electrons. The van der Waals surface area contributed by atoms with Crippen molar-refractivity contribution in [1.82, 2.24) is 19.5 Å². The molecular weight excluding hydrogens is 482 g/mol. The largest absolute Gasteiger partial charge is 0.490 e. The van der Waals surface area contributed by atoms with Crippen LogP contribution in [0.4, 0.5) is 5.82 Å². The second kappa shape index (κ2) is 9.64. The van der Waals surface area contributed by atoms with Crippen molar-refractivity contribution in [2.75, 3.05) is 12.3 Å². The van der Waals surface area contributed by atoms with Crippen molar-refractivity contribution in [2.24, 2.45) is 0 Å². The molecule has 31 heavy (non-hydrogen) atoms. The van der Waals surface area contributed by atoms with Crippen LogP contribution in [0.25, 0.3) is 11.2 Å². The normalized spacial score (nSPS) is 25.6. The Kier molecular flexibility index (Phi) is 8.25. The number of phosphoric ester groups is 1. The van der Waals surface area contributed by atoms with Crippen LogP contribution in [-0.2, 0) is 31.6 Å². The van der Waals surface area contributed by atoms with Crippen molar-refractivity contribution in [3.63, 3.8) is 0 Å². The van der Waals surface area contributed by atoms with Crippen LogP contribution in [0.15, 0.2) is 12.7 Å².